The standard InChI is InChI=1S/C24H25NO3S2/c26-23-22(30-24(29)25(23)19-9-3-1-4-10-19)17-18-8-7-13-21(16-18)28-15-14-27-20-11-5-2-6-12-20/h2,5-8,11-13,16-17,19H,1,3-4,9-10,14-15H2/b22-17-. The van der Waals surface area contributed by atoms with E-state index in [0.29, 0.717) is 22.4 Å². The van der Waals surface area contributed by atoms with Crippen LogP contribution in [-0.2, 0) is 4.79 Å². The molecule has 1 saturated heterocycles. The molecule has 0 bridgehead atoms. The molecule has 1 aliphatic carbocycles. The van der Waals surface area contributed by atoms with Gasteiger partial charge < -0.3 is 9.47 Å². The molecule has 4 nitrogen and oxygen atoms in total. The maximum Gasteiger partial charge on any atom is 0.266 e. The molecular weight excluding hydrogens is 414 g/mol. The van der Waals surface area contributed by atoms with Crippen LogP contribution < -0.4 is 9.47 Å². The van der Waals surface area contributed by atoms with Gasteiger partial charge in [0.2, 0.25) is 0 Å². The number of amides is 1. The molecule has 6 heteroatoms. The lowest BCUT2D eigenvalue weighted by Crippen LogP contribution is -2.39. The zero-order valence-corrected chi connectivity index (χ0v) is 18.4. The second kappa shape index (κ2) is 10.1. The van der Waals surface area contributed by atoms with Gasteiger partial charge >= 0.3 is 0 Å². The predicted octanol–water partition coefficient (Wildman–Crippen LogP) is 5.68. The van der Waals surface area contributed by atoms with Crippen LogP contribution in [0, 0.1) is 0 Å². The van der Waals surface area contributed by atoms with E-state index in [2.05, 4.69) is 0 Å². The monoisotopic (exact) mass is 439 g/mol. The highest BCUT2D eigenvalue weighted by Crippen LogP contribution is 2.37. The molecule has 0 unspecified atom stereocenters. The topological polar surface area (TPSA) is 38.8 Å². The molecule has 2 aromatic carbocycles. The fourth-order valence-electron chi connectivity index (χ4n) is 3.82. The largest absolute Gasteiger partial charge is 0.490 e. The lowest BCUT2D eigenvalue weighted by molar-refractivity contribution is -0.124. The second-order valence-corrected chi connectivity index (χ2v) is 9.10. The molecule has 1 aliphatic heterocycles. The molecule has 0 atom stereocenters. The average molecular weight is 440 g/mol. The summed E-state index contributed by atoms with van der Waals surface area (Å²) >= 11 is 6.92. The molecule has 0 N–H and O–H groups in total. The lowest BCUT2D eigenvalue weighted by atomic mass is 9.94. The van der Waals surface area contributed by atoms with Crippen LogP contribution in [0.5, 0.6) is 11.5 Å². The first-order valence-corrected chi connectivity index (χ1v) is 11.6. The van der Waals surface area contributed by atoms with Gasteiger partial charge in [0.05, 0.1) is 4.91 Å². The van der Waals surface area contributed by atoms with Crippen molar-refractivity contribution in [2.75, 3.05) is 13.2 Å². The highest BCUT2D eigenvalue weighted by Gasteiger charge is 2.37. The van der Waals surface area contributed by atoms with Gasteiger partial charge in [0, 0.05) is 6.04 Å². The van der Waals surface area contributed by atoms with Crippen molar-refractivity contribution in [1.82, 2.24) is 4.90 Å². The summed E-state index contributed by atoms with van der Waals surface area (Å²) in [5.74, 6) is 1.62. The van der Waals surface area contributed by atoms with E-state index in [1.54, 1.807) is 0 Å². The molecule has 0 radical (unpaired) electrons. The minimum atomic E-state index is 0.0412. The predicted molar refractivity (Wildman–Crippen MR) is 126 cm³/mol. The Kier molecular flexibility index (Phi) is 7.07. The van der Waals surface area contributed by atoms with Crippen LogP contribution in [0.3, 0.4) is 0 Å². The van der Waals surface area contributed by atoms with Crippen molar-refractivity contribution < 1.29 is 14.3 Å². The molecule has 4 rings (SSSR count). The van der Waals surface area contributed by atoms with Gasteiger partial charge in [-0.3, -0.25) is 9.69 Å². The third kappa shape index (κ3) is 5.24. The Balaban J connectivity index is 1.35. The van der Waals surface area contributed by atoms with Crippen LogP contribution in [0.15, 0.2) is 59.5 Å². The van der Waals surface area contributed by atoms with Crippen LogP contribution in [0.2, 0.25) is 0 Å². The summed E-state index contributed by atoms with van der Waals surface area (Å²) < 4.78 is 12.2. The SMILES string of the molecule is O=C1/C(=C/c2cccc(OCCOc3ccccc3)c2)SC(=S)N1C1CCCCC1. The van der Waals surface area contributed by atoms with Crippen molar-refractivity contribution >= 4 is 40.3 Å². The third-order valence-electron chi connectivity index (χ3n) is 5.28. The van der Waals surface area contributed by atoms with E-state index >= 15 is 0 Å². The number of carbonyl (C=O) groups excluding carboxylic acids is 1. The molecule has 30 heavy (non-hydrogen) atoms. The van der Waals surface area contributed by atoms with Crippen LogP contribution >= 0.6 is 24.0 Å². The summed E-state index contributed by atoms with van der Waals surface area (Å²) in [7, 11) is 0. The van der Waals surface area contributed by atoms with Gasteiger partial charge in [-0.2, -0.15) is 0 Å². The first-order valence-electron chi connectivity index (χ1n) is 10.4. The van der Waals surface area contributed by atoms with E-state index in [-0.39, 0.29) is 11.9 Å². The summed E-state index contributed by atoms with van der Waals surface area (Å²) in [6, 6.07) is 17.7. The summed E-state index contributed by atoms with van der Waals surface area (Å²) in [5.41, 5.74) is 0.931. The number of carbonyl (C=O) groups is 1. The number of nitrogens with zero attached hydrogens (tertiary/aromatic N) is 1. The number of ether oxygens (including phenoxy) is 2. The molecule has 2 aliphatic rings. The zero-order valence-electron chi connectivity index (χ0n) is 16.8. The Hall–Kier alpha value is -2.31. The van der Waals surface area contributed by atoms with Crippen molar-refractivity contribution in [3.63, 3.8) is 0 Å². The third-order valence-corrected chi connectivity index (χ3v) is 6.61. The fourth-order valence-corrected chi connectivity index (χ4v) is 5.22. The molecule has 156 valence electrons. The first kappa shape index (κ1) is 20.9. The normalized spacial score (nSPS) is 18.8. The maximum atomic E-state index is 13.0. The van der Waals surface area contributed by atoms with E-state index in [0.717, 1.165) is 29.9 Å². The lowest BCUT2D eigenvalue weighted by Gasteiger charge is -2.29. The van der Waals surface area contributed by atoms with E-state index in [1.165, 1.54) is 31.0 Å². The Morgan fingerprint density at radius 2 is 1.67 bits per heavy atom. The molecule has 1 heterocycles. The summed E-state index contributed by atoms with van der Waals surface area (Å²) in [6.07, 6.45) is 7.62. The number of hydrogen-bond donors (Lipinski definition) is 0. The first-order chi connectivity index (χ1) is 14.7. The molecule has 0 spiro atoms. The number of hydrogen-bond acceptors (Lipinski definition) is 5. The van der Waals surface area contributed by atoms with Gasteiger partial charge in [-0.05, 0) is 48.7 Å². The number of benzene rings is 2. The minimum Gasteiger partial charge on any atom is -0.490 e. The van der Waals surface area contributed by atoms with Gasteiger partial charge in [-0.25, -0.2) is 0 Å². The highest BCUT2D eigenvalue weighted by atomic mass is 32.2. The van der Waals surface area contributed by atoms with Crippen LogP contribution in [0.25, 0.3) is 6.08 Å². The Morgan fingerprint density at radius 1 is 0.967 bits per heavy atom. The van der Waals surface area contributed by atoms with Crippen LogP contribution in [-0.4, -0.2) is 34.4 Å². The smallest absolute Gasteiger partial charge is 0.266 e. The summed E-state index contributed by atoms with van der Waals surface area (Å²) in [6.45, 7) is 0.913. The van der Waals surface area contributed by atoms with E-state index in [4.69, 9.17) is 21.7 Å². The van der Waals surface area contributed by atoms with Gasteiger partial charge in [0.1, 0.15) is 29.0 Å². The number of para-hydroxylation sites is 1. The van der Waals surface area contributed by atoms with Crippen molar-refractivity contribution in [3.05, 3.63) is 65.1 Å². The van der Waals surface area contributed by atoms with Crippen molar-refractivity contribution in [1.29, 1.82) is 0 Å². The second-order valence-electron chi connectivity index (χ2n) is 7.43. The average Bonchev–Trinajstić information content (AvgIpc) is 3.05. The minimum absolute atomic E-state index is 0.0412. The van der Waals surface area contributed by atoms with E-state index in [1.807, 2.05) is 65.6 Å². The Labute approximate surface area is 187 Å². The van der Waals surface area contributed by atoms with Crippen molar-refractivity contribution in [2.24, 2.45) is 0 Å². The van der Waals surface area contributed by atoms with E-state index in [9.17, 15) is 4.79 Å². The molecule has 1 saturated carbocycles. The van der Waals surface area contributed by atoms with Gasteiger partial charge in [0.15, 0.2) is 0 Å². The quantitative estimate of drug-likeness (QED) is 0.315. The van der Waals surface area contributed by atoms with Crippen molar-refractivity contribution in [3.8, 4) is 11.5 Å². The van der Waals surface area contributed by atoms with Gasteiger partial charge in [-0.15, -0.1) is 0 Å². The van der Waals surface area contributed by atoms with Crippen molar-refractivity contribution in [2.45, 2.75) is 38.1 Å². The van der Waals surface area contributed by atoms with Crippen LogP contribution in [0.1, 0.15) is 37.7 Å². The van der Waals surface area contributed by atoms with Crippen LogP contribution in [0.4, 0.5) is 0 Å². The molecule has 2 fully saturated rings. The number of rotatable bonds is 7. The van der Waals surface area contributed by atoms with Gasteiger partial charge in [0.25, 0.3) is 5.91 Å². The van der Waals surface area contributed by atoms with Gasteiger partial charge in [-0.1, -0.05) is 73.6 Å². The summed E-state index contributed by atoms with van der Waals surface area (Å²) in [5, 5.41) is 0. The molecular formula is C24H25NO3S2. The molecule has 1 amide bonds. The molecule has 2 aromatic rings. The Bertz CT molecular complexity index is 923. The van der Waals surface area contributed by atoms with E-state index < -0.39 is 0 Å². The number of thiocarbonyl (C=S) groups is 1. The zero-order chi connectivity index (χ0) is 20.8. The summed E-state index contributed by atoms with van der Waals surface area (Å²) in [4.78, 5) is 15.5. The highest BCUT2D eigenvalue weighted by molar-refractivity contribution is 8.26. The number of thioether (sulfide) groups is 1. The maximum absolute atomic E-state index is 13.0. The fraction of sp³-hybridized carbons (Fsp3) is 0.333. The molecule has 0 aromatic heterocycles. The Morgan fingerprint density at radius 3 is 2.43 bits per heavy atom.